The average molecular weight is 374 g/mol. The van der Waals surface area contributed by atoms with Crippen molar-refractivity contribution in [1.82, 2.24) is 4.90 Å². The topological polar surface area (TPSA) is 52.6 Å². The molecule has 2 aromatic rings. The molecule has 128 valence electrons. The first-order valence-electron chi connectivity index (χ1n) is 7.50. The smallest absolute Gasteiger partial charge is 0.549 e. The number of aliphatic carboxylic acids is 1. The zero-order valence-corrected chi connectivity index (χ0v) is 15.8. The minimum absolute atomic E-state index is 0. The molecule has 0 aromatic heterocycles. The summed E-state index contributed by atoms with van der Waals surface area (Å²) in [6.07, 6.45) is 0.390. The molecule has 0 saturated heterocycles. The van der Waals surface area contributed by atoms with E-state index in [0.29, 0.717) is 28.8 Å². The minimum Gasteiger partial charge on any atom is -0.549 e. The van der Waals surface area contributed by atoms with Gasteiger partial charge in [0, 0.05) is 25.6 Å². The third-order valence-corrected chi connectivity index (χ3v) is 4.25. The molecule has 0 aliphatic rings. The third kappa shape index (κ3) is 7.31. The van der Waals surface area contributed by atoms with E-state index in [-0.39, 0.29) is 31.5 Å². The minimum atomic E-state index is -1.10. The van der Waals surface area contributed by atoms with E-state index < -0.39 is 5.97 Å². The number of halogens is 2. The van der Waals surface area contributed by atoms with Crippen LogP contribution >= 0.6 is 23.2 Å². The van der Waals surface area contributed by atoms with Gasteiger partial charge < -0.3 is 19.5 Å². The normalized spacial score (nSPS) is 11.7. The maximum Gasteiger partial charge on any atom is 1.00 e. The van der Waals surface area contributed by atoms with Crippen LogP contribution in [0.2, 0.25) is 10.0 Å². The second-order valence-corrected chi connectivity index (χ2v) is 6.31. The fraction of sp³-hybridized carbons (Fsp3) is 0.278. The Hall–Kier alpha value is -1.15. The van der Waals surface area contributed by atoms with Gasteiger partial charge in [-0.25, -0.2) is 0 Å². The second kappa shape index (κ2) is 10.8. The van der Waals surface area contributed by atoms with Crippen molar-refractivity contribution in [1.29, 1.82) is 0 Å². The van der Waals surface area contributed by atoms with Crippen LogP contribution < -0.4 is 28.7 Å². The summed E-state index contributed by atoms with van der Waals surface area (Å²) in [5.74, 6) is -0.486. The molecule has 0 amide bonds. The molecule has 2 rings (SSSR count). The van der Waals surface area contributed by atoms with Gasteiger partial charge in [-0.15, -0.1) is 0 Å². The first-order chi connectivity index (χ1) is 11.5. The molecule has 0 aliphatic carbocycles. The molecule has 0 fully saturated rings. The molecule has 0 radical (unpaired) electrons. The summed E-state index contributed by atoms with van der Waals surface area (Å²) >= 11 is 12.0. The summed E-state index contributed by atoms with van der Waals surface area (Å²) < 4.78 is 6.06. The number of likely N-dealkylation sites (N-methyl/N-ethyl adjacent to an activating group) is 1. The van der Waals surface area contributed by atoms with Gasteiger partial charge in [0.15, 0.2) is 0 Å². The molecule has 0 spiro atoms. The van der Waals surface area contributed by atoms with Crippen LogP contribution in [-0.4, -0.2) is 31.0 Å². The molecule has 2 aromatic carbocycles. The third-order valence-electron chi connectivity index (χ3n) is 3.51. The van der Waals surface area contributed by atoms with E-state index in [4.69, 9.17) is 27.9 Å². The number of carboxylic acid groups (broad SMARTS) is 1. The number of nitrogens with zero attached hydrogens (tertiary/aromatic N) is 1. The van der Waals surface area contributed by atoms with Gasteiger partial charge in [-0.1, -0.05) is 53.5 Å². The van der Waals surface area contributed by atoms with Crippen molar-refractivity contribution < 1.29 is 33.5 Å². The fourth-order valence-corrected chi connectivity index (χ4v) is 2.60. The van der Waals surface area contributed by atoms with Crippen LogP contribution in [0, 0.1) is 0 Å². The van der Waals surface area contributed by atoms with Crippen LogP contribution in [0.3, 0.4) is 0 Å². The summed E-state index contributed by atoms with van der Waals surface area (Å²) in [4.78, 5) is 12.4. The van der Waals surface area contributed by atoms with E-state index in [1.54, 1.807) is 30.1 Å². The Morgan fingerprint density at radius 1 is 1.16 bits per heavy atom. The maximum atomic E-state index is 10.7. The summed E-state index contributed by atoms with van der Waals surface area (Å²) in [5, 5.41) is 11.6. The molecule has 0 aliphatic heterocycles. The van der Waals surface area contributed by atoms with Crippen LogP contribution in [0.25, 0.3) is 0 Å². The van der Waals surface area contributed by atoms with Gasteiger partial charge in [0.05, 0.1) is 16.0 Å². The van der Waals surface area contributed by atoms with E-state index >= 15 is 0 Å². The standard InChI is InChI=1S/C18H19Cl2NO3.Li/c1-21(12-18(22)23)10-9-17(13-5-3-2-4-6-13)24-14-7-8-15(19)16(20)11-14;/h2-8,11,17H,9-10,12H2,1H3,(H,22,23);/q;+1/p-1/t17-;/m0./s1. The Labute approximate surface area is 169 Å². The number of carbonyl (C=O) groups is 1. The van der Waals surface area contributed by atoms with Crippen molar-refractivity contribution >= 4 is 29.2 Å². The average Bonchev–Trinajstić information content (AvgIpc) is 2.55. The predicted molar refractivity (Wildman–Crippen MR) is 93.4 cm³/mol. The fourth-order valence-electron chi connectivity index (χ4n) is 2.31. The first kappa shape index (κ1) is 21.9. The van der Waals surface area contributed by atoms with Crippen LogP contribution in [0.4, 0.5) is 0 Å². The zero-order chi connectivity index (χ0) is 17.5. The van der Waals surface area contributed by atoms with Crippen LogP contribution in [0.5, 0.6) is 5.75 Å². The summed E-state index contributed by atoms with van der Waals surface area (Å²) in [7, 11) is 1.73. The molecule has 1 atom stereocenters. The number of ether oxygens (including phenoxy) is 1. The Kier molecular flexibility index (Phi) is 9.41. The van der Waals surface area contributed by atoms with Crippen molar-refractivity contribution in [3.8, 4) is 5.75 Å². The Bertz CT molecular complexity index is 685. The van der Waals surface area contributed by atoms with E-state index in [2.05, 4.69) is 0 Å². The van der Waals surface area contributed by atoms with Gasteiger partial charge in [-0.3, -0.25) is 0 Å². The molecule has 0 N–H and O–H groups in total. The molecule has 0 unspecified atom stereocenters. The second-order valence-electron chi connectivity index (χ2n) is 5.49. The van der Waals surface area contributed by atoms with E-state index in [9.17, 15) is 9.90 Å². The van der Waals surface area contributed by atoms with Crippen LogP contribution in [0.1, 0.15) is 18.1 Å². The number of carboxylic acids is 1. The van der Waals surface area contributed by atoms with Gasteiger partial charge in [0.25, 0.3) is 0 Å². The van der Waals surface area contributed by atoms with Gasteiger partial charge >= 0.3 is 18.9 Å². The largest absolute Gasteiger partial charge is 1.00 e. The number of hydrogen-bond acceptors (Lipinski definition) is 4. The van der Waals surface area contributed by atoms with Crippen LogP contribution in [0.15, 0.2) is 48.5 Å². The van der Waals surface area contributed by atoms with Gasteiger partial charge in [-0.2, -0.15) is 0 Å². The monoisotopic (exact) mass is 373 g/mol. The number of rotatable bonds is 8. The van der Waals surface area contributed by atoms with E-state index in [1.165, 1.54) is 0 Å². The molecular formula is C18H18Cl2LiNO3. The molecule has 0 bridgehead atoms. The number of carbonyl (C=O) groups excluding carboxylic acids is 1. The quantitative estimate of drug-likeness (QED) is 0.620. The first-order valence-corrected chi connectivity index (χ1v) is 8.26. The maximum absolute atomic E-state index is 10.7. The summed E-state index contributed by atoms with van der Waals surface area (Å²) in [5.41, 5.74) is 1.01. The Morgan fingerprint density at radius 2 is 1.84 bits per heavy atom. The molecule has 0 saturated carbocycles. The Morgan fingerprint density at radius 3 is 2.44 bits per heavy atom. The predicted octanol–water partition coefficient (Wildman–Crippen LogP) is 0.189. The van der Waals surface area contributed by atoms with Gasteiger partial charge in [0.2, 0.25) is 0 Å². The van der Waals surface area contributed by atoms with Crippen molar-refractivity contribution in [2.45, 2.75) is 12.5 Å². The molecule has 0 heterocycles. The zero-order valence-electron chi connectivity index (χ0n) is 14.2. The number of hydrogen-bond donors (Lipinski definition) is 0. The van der Waals surface area contributed by atoms with Gasteiger partial charge in [0.1, 0.15) is 11.9 Å². The summed E-state index contributed by atoms with van der Waals surface area (Å²) in [6, 6.07) is 14.9. The van der Waals surface area contributed by atoms with Gasteiger partial charge in [-0.05, 0) is 24.7 Å². The molecule has 4 nitrogen and oxygen atoms in total. The molecule has 25 heavy (non-hydrogen) atoms. The molecular weight excluding hydrogens is 356 g/mol. The van der Waals surface area contributed by atoms with Crippen molar-refractivity contribution in [3.05, 3.63) is 64.1 Å². The number of benzene rings is 2. The van der Waals surface area contributed by atoms with Crippen molar-refractivity contribution in [2.75, 3.05) is 20.1 Å². The SMILES string of the molecule is CN(CC[C@H](Oc1ccc(Cl)c(Cl)c1)c1ccccc1)CC(=O)[O-].[Li+]. The van der Waals surface area contributed by atoms with Crippen LogP contribution in [-0.2, 0) is 4.79 Å². The summed E-state index contributed by atoms with van der Waals surface area (Å²) in [6.45, 7) is 0.434. The Balaban J connectivity index is 0.00000312. The van der Waals surface area contributed by atoms with E-state index in [0.717, 1.165) is 5.56 Å². The molecule has 7 heteroatoms. The van der Waals surface area contributed by atoms with Crippen molar-refractivity contribution in [3.63, 3.8) is 0 Å². The van der Waals surface area contributed by atoms with E-state index in [1.807, 2.05) is 30.3 Å². The van der Waals surface area contributed by atoms with Crippen molar-refractivity contribution in [2.24, 2.45) is 0 Å².